The average molecular weight is 166 g/mol. The van der Waals surface area contributed by atoms with Crippen LogP contribution in [0.1, 0.15) is 10.6 Å². The van der Waals surface area contributed by atoms with Crippen molar-refractivity contribution in [3.8, 4) is 0 Å². The summed E-state index contributed by atoms with van der Waals surface area (Å²) in [5, 5.41) is 0. The fourth-order valence-electron chi connectivity index (χ4n) is 0.957. The highest BCUT2D eigenvalue weighted by molar-refractivity contribution is 7.05. The number of aromatic nitrogens is 3. The second-order valence-electron chi connectivity index (χ2n) is 2.47. The highest BCUT2D eigenvalue weighted by Crippen LogP contribution is 2.05. The van der Waals surface area contributed by atoms with Crippen molar-refractivity contribution in [1.82, 2.24) is 9.47 Å². The number of hydrogen-bond acceptors (Lipinski definition) is 3. The third-order valence-electron chi connectivity index (χ3n) is 1.54. The fourth-order valence-corrected chi connectivity index (χ4v) is 1.52. The zero-order chi connectivity index (χ0) is 7.84. The molecule has 0 aliphatic rings. The van der Waals surface area contributed by atoms with Gasteiger partial charge in [0.2, 0.25) is 0 Å². The average Bonchev–Trinajstić information content (AvgIpc) is 2.33. The van der Waals surface area contributed by atoms with E-state index in [2.05, 4.69) is 9.47 Å². The van der Waals surface area contributed by atoms with Crippen LogP contribution in [0.25, 0.3) is 5.65 Å². The summed E-state index contributed by atoms with van der Waals surface area (Å²) in [6, 6.07) is 1.95. The maximum Gasteiger partial charge on any atom is 0.363 e. The Hall–Kier alpha value is -1.03. The first kappa shape index (κ1) is 6.67. The second kappa shape index (κ2) is 2.23. The lowest BCUT2D eigenvalue weighted by Crippen LogP contribution is -2.23. The summed E-state index contributed by atoms with van der Waals surface area (Å²) in [6.45, 7) is 4.01. The summed E-state index contributed by atoms with van der Waals surface area (Å²) in [6.07, 6.45) is 1.93. The maximum absolute atomic E-state index is 4.35. The first-order valence-corrected chi connectivity index (χ1v) is 4.16. The van der Waals surface area contributed by atoms with Gasteiger partial charge in [-0.15, -0.1) is 0 Å². The molecule has 56 valence electrons. The van der Waals surface area contributed by atoms with Gasteiger partial charge in [0.1, 0.15) is 11.1 Å². The molecule has 0 atom stereocenters. The van der Waals surface area contributed by atoms with E-state index in [9.17, 15) is 0 Å². The van der Waals surface area contributed by atoms with Crippen LogP contribution < -0.4 is 4.52 Å². The summed E-state index contributed by atoms with van der Waals surface area (Å²) in [5.41, 5.74) is 2.00. The lowest BCUT2D eigenvalue weighted by atomic mass is 10.4. The van der Waals surface area contributed by atoms with Gasteiger partial charge in [0.05, 0.1) is 0 Å². The normalized spacial score (nSPS) is 10.7. The number of rotatable bonds is 0. The van der Waals surface area contributed by atoms with Crippen molar-refractivity contribution in [1.29, 1.82) is 0 Å². The smallest absolute Gasteiger partial charge is 0.0895 e. The molecule has 0 amide bonds. The zero-order valence-electron chi connectivity index (χ0n) is 6.40. The minimum absolute atomic E-state index is 0.968. The van der Waals surface area contributed by atoms with Gasteiger partial charge < -0.3 is 0 Å². The molecule has 0 unspecified atom stereocenters. The predicted octanol–water partition coefficient (Wildman–Crippen LogP) is 0.894. The maximum atomic E-state index is 4.35. The second-order valence-corrected chi connectivity index (χ2v) is 3.42. The van der Waals surface area contributed by atoms with Crippen LogP contribution in [0.5, 0.6) is 0 Å². The van der Waals surface area contributed by atoms with Crippen molar-refractivity contribution >= 4 is 17.2 Å². The third kappa shape index (κ3) is 0.991. The Morgan fingerprint density at radius 3 is 3.09 bits per heavy atom. The topological polar surface area (TPSA) is 29.9 Å². The van der Waals surface area contributed by atoms with Gasteiger partial charge in [-0.05, 0) is 16.4 Å². The van der Waals surface area contributed by atoms with Crippen molar-refractivity contribution in [3.63, 3.8) is 0 Å². The van der Waals surface area contributed by atoms with Gasteiger partial charge in [0.15, 0.2) is 5.69 Å². The van der Waals surface area contributed by atoms with E-state index in [0.717, 1.165) is 16.2 Å². The molecule has 2 aromatic heterocycles. The lowest BCUT2D eigenvalue weighted by Gasteiger charge is -1.80. The first-order chi connectivity index (χ1) is 5.27. The van der Waals surface area contributed by atoms with Gasteiger partial charge in [0.25, 0.3) is 0 Å². The van der Waals surface area contributed by atoms with Gasteiger partial charge in [-0.25, -0.2) is 0 Å². The molecule has 11 heavy (non-hydrogen) atoms. The van der Waals surface area contributed by atoms with Gasteiger partial charge in [-0.3, -0.25) is 0 Å². The minimum atomic E-state index is 0.968. The Balaban J connectivity index is 2.87. The molecule has 0 saturated heterocycles. The predicted molar refractivity (Wildman–Crippen MR) is 42.5 cm³/mol. The summed E-state index contributed by atoms with van der Waals surface area (Å²) in [7, 11) is 0. The molecule has 0 aliphatic heterocycles. The summed E-state index contributed by atoms with van der Waals surface area (Å²) in [4.78, 5) is 5.51. The molecule has 0 saturated carbocycles. The highest BCUT2D eigenvalue weighted by Gasteiger charge is 2.11. The molecule has 2 aromatic rings. The third-order valence-corrected chi connectivity index (χ3v) is 2.25. The molecule has 0 fully saturated rings. The largest absolute Gasteiger partial charge is 0.363 e. The van der Waals surface area contributed by atoms with Crippen molar-refractivity contribution in [3.05, 3.63) is 22.8 Å². The zero-order valence-corrected chi connectivity index (χ0v) is 7.22. The SMILES string of the molecule is Cc1cc[n+]2nsc(C)c2n1. The summed E-state index contributed by atoms with van der Waals surface area (Å²) in [5.74, 6) is 0. The van der Waals surface area contributed by atoms with E-state index in [1.807, 2.05) is 26.1 Å². The van der Waals surface area contributed by atoms with Crippen LogP contribution in [0.4, 0.5) is 0 Å². The standard InChI is InChI=1S/C7H8N3S/c1-5-3-4-10-7(8-5)6(2)11-9-10/h3-4H,1-2H3/q+1. The Morgan fingerprint density at radius 1 is 1.45 bits per heavy atom. The van der Waals surface area contributed by atoms with Crippen LogP contribution in [-0.2, 0) is 0 Å². The molecule has 0 bridgehead atoms. The number of aryl methyl sites for hydroxylation is 2. The van der Waals surface area contributed by atoms with Crippen molar-refractivity contribution in [2.24, 2.45) is 0 Å². The first-order valence-electron chi connectivity index (χ1n) is 3.39. The van der Waals surface area contributed by atoms with Gasteiger partial charge in [-0.2, -0.15) is 0 Å². The van der Waals surface area contributed by atoms with Gasteiger partial charge in [0, 0.05) is 24.5 Å². The Bertz CT molecular complexity index is 393. The van der Waals surface area contributed by atoms with E-state index < -0.39 is 0 Å². The van der Waals surface area contributed by atoms with Crippen LogP contribution >= 0.6 is 11.5 Å². The van der Waals surface area contributed by atoms with E-state index in [4.69, 9.17) is 0 Å². The number of nitrogens with zero attached hydrogens (tertiary/aromatic N) is 3. The number of fused-ring (bicyclic) bond motifs is 1. The van der Waals surface area contributed by atoms with E-state index in [-0.39, 0.29) is 0 Å². The molecular formula is C7H8N3S+. The van der Waals surface area contributed by atoms with E-state index >= 15 is 0 Å². The molecule has 2 rings (SSSR count). The van der Waals surface area contributed by atoms with Gasteiger partial charge >= 0.3 is 5.65 Å². The van der Waals surface area contributed by atoms with Crippen molar-refractivity contribution in [2.45, 2.75) is 13.8 Å². The molecule has 0 aliphatic carbocycles. The van der Waals surface area contributed by atoms with Crippen molar-refractivity contribution in [2.75, 3.05) is 0 Å². The quantitative estimate of drug-likeness (QED) is 0.544. The van der Waals surface area contributed by atoms with E-state index in [0.29, 0.717) is 0 Å². The molecule has 3 nitrogen and oxygen atoms in total. The Labute approximate surface area is 68.5 Å². The minimum Gasteiger partial charge on any atom is -0.0895 e. The Kier molecular flexibility index (Phi) is 1.35. The monoisotopic (exact) mass is 166 g/mol. The van der Waals surface area contributed by atoms with Crippen LogP contribution in [0.2, 0.25) is 0 Å². The lowest BCUT2D eigenvalue weighted by molar-refractivity contribution is -0.574. The molecule has 0 aromatic carbocycles. The van der Waals surface area contributed by atoms with Crippen LogP contribution in [0.3, 0.4) is 0 Å². The molecule has 0 spiro atoms. The fraction of sp³-hybridized carbons (Fsp3) is 0.286. The molecule has 4 heteroatoms. The van der Waals surface area contributed by atoms with Gasteiger partial charge in [-0.1, -0.05) is 4.52 Å². The van der Waals surface area contributed by atoms with E-state index in [1.54, 1.807) is 4.52 Å². The van der Waals surface area contributed by atoms with E-state index in [1.165, 1.54) is 11.5 Å². The summed E-state index contributed by atoms with van der Waals surface area (Å²) < 4.78 is 5.95. The molecule has 0 N–H and O–H groups in total. The molecule has 2 heterocycles. The summed E-state index contributed by atoms with van der Waals surface area (Å²) >= 11 is 1.48. The van der Waals surface area contributed by atoms with Crippen LogP contribution in [-0.4, -0.2) is 9.47 Å². The molecule has 0 radical (unpaired) electrons. The number of hydrogen-bond donors (Lipinski definition) is 0. The van der Waals surface area contributed by atoms with Crippen LogP contribution in [0, 0.1) is 13.8 Å². The molecular weight excluding hydrogens is 158 g/mol. The highest BCUT2D eigenvalue weighted by atomic mass is 32.1. The van der Waals surface area contributed by atoms with Crippen molar-refractivity contribution < 1.29 is 4.52 Å². The Morgan fingerprint density at radius 2 is 2.27 bits per heavy atom. The van der Waals surface area contributed by atoms with Crippen LogP contribution in [0.15, 0.2) is 12.3 Å².